The summed E-state index contributed by atoms with van der Waals surface area (Å²) in [4.78, 5) is 17.4. The quantitative estimate of drug-likeness (QED) is 0.789. The molecule has 0 spiro atoms. The number of anilines is 1. The molecule has 2 aromatic rings. The van der Waals surface area contributed by atoms with Crippen molar-refractivity contribution in [2.45, 2.75) is 36.6 Å². The molecule has 0 unspecified atom stereocenters. The average molecular weight is 432 g/mol. The van der Waals surface area contributed by atoms with E-state index in [0.29, 0.717) is 24.7 Å². The molecule has 6 nitrogen and oxygen atoms in total. The number of amides is 1. The van der Waals surface area contributed by atoms with Gasteiger partial charge in [0.25, 0.3) is 15.9 Å². The Balaban J connectivity index is 1.47. The lowest BCUT2D eigenvalue weighted by atomic mass is 10.0. The fourth-order valence-corrected chi connectivity index (χ4v) is 5.37. The van der Waals surface area contributed by atoms with Crippen LogP contribution in [0.15, 0.2) is 53.4 Å². The first kappa shape index (κ1) is 20.8. The molecule has 4 rings (SSSR count). The predicted molar refractivity (Wildman–Crippen MR) is 113 cm³/mol. The summed E-state index contributed by atoms with van der Waals surface area (Å²) in [7, 11) is -3.93. The van der Waals surface area contributed by atoms with Crippen molar-refractivity contribution in [3.05, 3.63) is 59.9 Å². The summed E-state index contributed by atoms with van der Waals surface area (Å²) >= 11 is 0. The first-order chi connectivity index (χ1) is 14.4. The number of halogens is 1. The van der Waals surface area contributed by atoms with E-state index < -0.39 is 15.8 Å². The predicted octanol–water partition coefficient (Wildman–Crippen LogP) is 3.33. The van der Waals surface area contributed by atoms with Crippen LogP contribution in [0.4, 0.5) is 10.1 Å². The van der Waals surface area contributed by atoms with Gasteiger partial charge in [-0.3, -0.25) is 9.52 Å². The topological polar surface area (TPSA) is 69.7 Å². The van der Waals surface area contributed by atoms with Crippen LogP contribution in [-0.4, -0.2) is 56.3 Å². The van der Waals surface area contributed by atoms with Gasteiger partial charge < -0.3 is 9.80 Å². The Morgan fingerprint density at radius 2 is 1.57 bits per heavy atom. The molecule has 2 fully saturated rings. The Labute approximate surface area is 176 Å². The van der Waals surface area contributed by atoms with Crippen LogP contribution in [-0.2, 0) is 10.0 Å². The van der Waals surface area contributed by atoms with E-state index in [9.17, 15) is 17.6 Å². The van der Waals surface area contributed by atoms with Crippen LogP contribution in [0.2, 0.25) is 0 Å². The van der Waals surface area contributed by atoms with Crippen molar-refractivity contribution in [1.29, 1.82) is 0 Å². The highest BCUT2D eigenvalue weighted by molar-refractivity contribution is 7.92. The van der Waals surface area contributed by atoms with Crippen molar-refractivity contribution in [2.24, 2.45) is 0 Å². The second kappa shape index (κ2) is 8.73. The number of hydrogen-bond acceptors (Lipinski definition) is 4. The van der Waals surface area contributed by atoms with Crippen LogP contribution in [0.3, 0.4) is 0 Å². The molecule has 8 heteroatoms. The highest BCUT2D eigenvalue weighted by atomic mass is 32.2. The summed E-state index contributed by atoms with van der Waals surface area (Å²) in [6.07, 6.45) is 4.38. The summed E-state index contributed by atoms with van der Waals surface area (Å²) in [6.45, 7) is 3.62. The zero-order valence-corrected chi connectivity index (χ0v) is 17.6. The van der Waals surface area contributed by atoms with E-state index in [1.165, 1.54) is 25.0 Å². The molecule has 2 aromatic carbocycles. The van der Waals surface area contributed by atoms with E-state index in [1.807, 2.05) is 0 Å². The first-order valence-electron chi connectivity index (χ1n) is 10.3. The number of nitrogens with one attached hydrogen (secondary N) is 1. The standard InChI is InChI=1S/C22H26FN3O3S/c23-17-7-9-19(10-8-17)30(28,29)24-21-6-2-1-5-20(21)22(27)26-15-11-18(12-16-26)25-13-3-4-14-25/h1-2,5-10,18,24H,3-4,11-16H2. The molecule has 30 heavy (non-hydrogen) atoms. The lowest BCUT2D eigenvalue weighted by Crippen LogP contribution is -2.46. The molecule has 0 radical (unpaired) electrons. The normalized spacial score (nSPS) is 18.5. The first-order valence-corrected chi connectivity index (χ1v) is 11.8. The van der Waals surface area contributed by atoms with Crippen LogP contribution in [0.1, 0.15) is 36.0 Å². The number of carbonyl (C=O) groups excluding carboxylic acids is 1. The van der Waals surface area contributed by atoms with Crippen LogP contribution < -0.4 is 4.72 Å². The Hall–Kier alpha value is -2.45. The highest BCUT2D eigenvalue weighted by Gasteiger charge is 2.29. The summed E-state index contributed by atoms with van der Waals surface area (Å²) in [6, 6.07) is 11.7. The molecule has 160 valence electrons. The van der Waals surface area contributed by atoms with E-state index in [4.69, 9.17) is 0 Å². The largest absolute Gasteiger partial charge is 0.338 e. The van der Waals surface area contributed by atoms with Gasteiger partial charge in [0.2, 0.25) is 0 Å². The average Bonchev–Trinajstić information content (AvgIpc) is 3.29. The molecule has 0 aliphatic carbocycles. The maximum atomic E-state index is 13.1. The van der Waals surface area contributed by atoms with E-state index in [-0.39, 0.29) is 16.5 Å². The van der Waals surface area contributed by atoms with E-state index >= 15 is 0 Å². The van der Waals surface area contributed by atoms with Crippen molar-refractivity contribution >= 4 is 21.6 Å². The third kappa shape index (κ3) is 4.49. The SMILES string of the molecule is O=C(c1ccccc1NS(=O)(=O)c1ccc(F)cc1)N1CCC(N2CCCC2)CC1. The van der Waals surface area contributed by atoms with E-state index in [0.717, 1.165) is 38.1 Å². The molecule has 0 aromatic heterocycles. The van der Waals surface area contributed by atoms with Gasteiger partial charge in [-0.15, -0.1) is 0 Å². The second-order valence-electron chi connectivity index (χ2n) is 7.87. The Bertz CT molecular complexity index is 997. The van der Waals surface area contributed by atoms with Gasteiger partial charge in [-0.2, -0.15) is 0 Å². The van der Waals surface area contributed by atoms with Crippen molar-refractivity contribution in [1.82, 2.24) is 9.80 Å². The maximum absolute atomic E-state index is 13.1. The molecule has 0 atom stereocenters. The Morgan fingerprint density at radius 1 is 0.933 bits per heavy atom. The molecule has 1 N–H and O–H groups in total. The minimum atomic E-state index is -3.93. The maximum Gasteiger partial charge on any atom is 0.261 e. The van der Waals surface area contributed by atoms with Gasteiger partial charge >= 0.3 is 0 Å². The number of carbonyl (C=O) groups is 1. The third-order valence-electron chi connectivity index (χ3n) is 5.93. The summed E-state index contributed by atoms with van der Waals surface area (Å²) < 4.78 is 41.0. The van der Waals surface area contributed by atoms with Gasteiger partial charge in [0.1, 0.15) is 5.82 Å². The fraction of sp³-hybridized carbons (Fsp3) is 0.409. The van der Waals surface area contributed by atoms with E-state index in [1.54, 1.807) is 29.2 Å². The molecule has 0 bridgehead atoms. The van der Waals surface area contributed by atoms with Gasteiger partial charge in [0, 0.05) is 19.1 Å². The van der Waals surface area contributed by atoms with E-state index in [2.05, 4.69) is 9.62 Å². The number of likely N-dealkylation sites (tertiary alicyclic amines) is 2. The third-order valence-corrected chi connectivity index (χ3v) is 7.32. The summed E-state index contributed by atoms with van der Waals surface area (Å²) in [5.41, 5.74) is 0.552. The molecule has 1 amide bonds. The van der Waals surface area contributed by atoms with Crippen LogP contribution in [0.25, 0.3) is 0 Å². The van der Waals surface area contributed by atoms with Crippen molar-refractivity contribution in [3.8, 4) is 0 Å². The molecular formula is C22H26FN3O3S. The van der Waals surface area contributed by atoms with Gasteiger partial charge in [-0.1, -0.05) is 12.1 Å². The summed E-state index contributed by atoms with van der Waals surface area (Å²) in [5, 5.41) is 0. The number of benzene rings is 2. The number of nitrogens with zero attached hydrogens (tertiary/aromatic N) is 2. The van der Waals surface area contributed by atoms with Gasteiger partial charge in [0.05, 0.1) is 16.1 Å². The molecule has 2 aliphatic rings. The number of hydrogen-bond donors (Lipinski definition) is 1. The van der Waals surface area contributed by atoms with Crippen LogP contribution >= 0.6 is 0 Å². The number of sulfonamides is 1. The highest BCUT2D eigenvalue weighted by Crippen LogP contribution is 2.25. The van der Waals surface area contributed by atoms with Gasteiger partial charge in [0.15, 0.2) is 0 Å². The lowest BCUT2D eigenvalue weighted by Gasteiger charge is -2.36. The smallest absolute Gasteiger partial charge is 0.261 e. The zero-order valence-electron chi connectivity index (χ0n) is 16.8. The van der Waals surface area contributed by atoms with Crippen molar-refractivity contribution < 1.29 is 17.6 Å². The molecule has 2 saturated heterocycles. The molecule has 2 aliphatic heterocycles. The molecular weight excluding hydrogens is 405 g/mol. The number of piperidine rings is 1. The van der Waals surface area contributed by atoms with Crippen LogP contribution in [0.5, 0.6) is 0 Å². The Kier molecular flexibility index (Phi) is 6.06. The monoisotopic (exact) mass is 431 g/mol. The minimum absolute atomic E-state index is 0.0578. The second-order valence-corrected chi connectivity index (χ2v) is 9.55. The van der Waals surface area contributed by atoms with Crippen molar-refractivity contribution in [2.75, 3.05) is 30.9 Å². The number of rotatable bonds is 5. The van der Waals surface area contributed by atoms with Crippen molar-refractivity contribution in [3.63, 3.8) is 0 Å². The fourth-order valence-electron chi connectivity index (χ4n) is 4.29. The zero-order chi connectivity index (χ0) is 21.1. The lowest BCUT2D eigenvalue weighted by molar-refractivity contribution is 0.0645. The Morgan fingerprint density at radius 3 is 2.23 bits per heavy atom. The van der Waals surface area contributed by atoms with Crippen LogP contribution in [0, 0.1) is 5.82 Å². The molecule has 2 heterocycles. The summed E-state index contributed by atoms with van der Waals surface area (Å²) in [5.74, 6) is -0.686. The number of para-hydroxylation sites is 1. The molecule has 0 saturated carbocycles. The van der Waals surface area contributed by atoms with Gasteiger partial charge in [-0.05, 0) is 75.2 Å². The minimum Gasteiger partial charge on any atom is -0.338 e. The van der Waals surface area contributed by atoms with Gasteiger partial charge in [-0.25, -0.2) is 12.8 Å².